The number of nitrogens with one attached hydrogen (secondary N) is 2. The number of nitrogens with zero attached hydrogens (tertiary/aromatic N) is 2. The molecule has 0 radical (unpaired) electrons. The van der Waals surface area contributed by atoms with Crippen LogP contribution in [-0.4, -0.2) is 39.0 Å². The first-order chi connectivity index (χ1) is 16.1. The van der Waals surface area contributed by atoms with Gasteiger partial charge in [-0.25, -0.2) is 4.98 Å². The number of thiophene rings is 1. The summed E-state index contributed by atoms with van der Waals surface area (Å²) in [4.78, 5) is 48.6. The highest BCUT2D eigenvalue weighted by molar-refractivity contribution is 7.99. The van der Waals surface area contributed by atoms with Gasteiger partial charge in [0.1, 0.15) is 10.7 Å². The van der Waals surface area contributed by atoms with E-state index in [0.29, 0.717) is 24.5 Å². The summed E-state index contributed by atoms with van der Waals surface area (Å²) in [6.45, 7) is 1.37. The molecule has 5 rings (SSSR count). The van der Waals surface area contributed by atoms with E-state index in [-0.39, 0.29) is 23.1 Å². The van der Waals surface area contributed by atoms with Gasteiger partial charge in [-0.2, -0.15) is 0 Å². The van der Waals surface area contributed by atoms with E-state index < -0.39 is 0 Å². The van der Waals surface area contributed by atoms with E-state index in [0.717, 1.165) is 60.1 Å². The number of amides is 2. The molecule has 0 unspecified atom stereocenters. The van der Waals surface area contributed by atoms with E-state index in [1.807, 2.05) is 29.2 Å². The molecular weight excluding hydrogens is 456 g/mol. The number of thioether (sulfide) groups is 1. The van der Waals surface area contributed by atoms with Crippen molar-refractivity contribution < 1.29 is 9.59 Å². The third kappa shape index (κ3) is 4.99. The molecule has 2 aromatic heterocycles. The third-order valence-electron chi connectivity index (χ3n) is 6.10. The number of piperidine rings is 1. The monoisotopic (exact) mass is 482 g/mol. The van der Waals surface area contributed by atoms with Gasteiger partial charge in [-0.05, 0) is 55.4 Å². The standard InChI is InChI=1S/C24H26N4O3S2/c29-20(25-16-6-3-5-15(11-16)12-28-10-2-1-9-21(28)30)14-32-13-19-26-23(31)22-17-7-4-8-18(17)33-24(22)27-19/h3,5-6,11H,1-2,4,7-10,12-14H2,(H,25,29)(H,26,27,31). The van der Waals surface area contributed by atoms with Crippen LogP contribution in [0.2, 0.25) is 0 Å². The first-order valence-electron chi connectivity index (χ1n) is 11.3. The molecule has 2 N–H and O–H groups in total. The van der Waals surface area contributed by atoms with E-state index >= 15 is 0 Å². The second-order valence-corrected chi connectivity index (χ2v) is 10.6. The summed E-state index contributed by atoms with van der Waals surface area (Å²) in [7, 11) is 0. The lowest BCUT2D eigenvalue weighted by Crippen LogP contribution is -2.34. The van der Waals surface area contributed by atoms with Crippen molar-refractivity contribution in [3.63, 3.8) is 0 Å². The van der Waals surface area contributed by atoms with Crippen molar-refractivity contribution in [2.75, 3.05) is 17.6 Å². The van der Waals surface area contributed by atoms with Gasteiger partial charge in [-0.1, -0.05) is 12.1 Å². The Morgan fingerprint density at radius 1 is 1.18 bits per heavy atom. The number of hydrogen-bond acceptors (Lipinski definition) is 6. The van der Waals surface area contributed by atoms with Gasteiger partial charge in [0.05, 0.1) is 16.9 Å². The van der Waals surface area contributed by atoms with Crippen molar-refractivity contribution >= 4 is 50.8 Å². The molecule has 1 fully saturated rings. The maximum Gasteiger partial charge on any atom is 0.259 e. The van der Waals surface area contributed by atoms with E-state index in [9.17, 15) is 14.4 Å². The number of rotatable bonds is 7. The molecule has 7 nitrogen and oxygen atoms in total. The van der Waals surface area contributed by atoms with Crippen LogP contribution in [0.5, 0.6) is 0 Å². The highest BCUT2D eigenvalue weighted by Gasteiger charge is 2.21. The molecule has 3 heterocycles. The van der Waals surface area contributed by atoms with Crippen LogP contribution >= 0.6 is 23.1 Å². The molecule has 0 bridgehead atoms. The van der Waals surface area contributed by atoms with Gasteiger partial charge in [0.15, 0.2) is 0 Å². The highest BCUT2D eigenvalue weighted by atomic mass is 32.2. The predicted octanol–water partition coefficient (Wildman–Crippen LogP) is 3.86. The lowest BCUT2D eigenvalue weighted by Gasteiger charge is -2.26. The Balaban J connectivity index is 1.15. The van der Waals surface area contributed by atoms with Crippen LogP contribution in [0.25, 0.3) is 10.2 Å². The molecule has 1 aromatic carbocycles. The molecular formula is C24H26N4O3S2. The first-order valence-corrected chi connectivity index (χ1v) is 13.3. The topological polar surface area (TPSA) is 95.2 Å². The number of fused-ring (bicyclic) bond motifs is 3. The first kappa shape index (κ1) is 22.2. The lowest BCUT2D eigenvalue weighted by atomic mass is 10.1. The van der Waals surface area contributed by atoms with Crippen molar-refractivity contribution in [3.05, 3.63) is 56.4 Å². The average Bonchev–Trinajstić information content (AvgIpc) is 3.37. The summed E-state index contributed by atoms with van der Waals surface area (Å²) in [5.41, 5.74) is 2.84. The molecule has 1 saturated heterocycles. The molecule has 9 heteroatoms. The van der Waals surface area contributed by atoms with Gasteiger partial charge < -0.3 is 15.2 Å². The summed E-state index contributed by atoms with van der Waals surface area (Å²) in [6.07, 6.45) is 5.74. The summed E-state index contributed by atoms with van der Waals surface area (Å²) in [5.74, 6) is 1.43. The zero-order valence-corrected chi connectivity index (χ0v) is 19.9. The van der Waals surface area contributed by atoms with Crippen LogP contribution < -0.4 is 10.9 Å². The molecule has 0 atom stereocenters. The van der Waals surface area contributed by atoms with E-state index in [4.69, 9.17) is 0 Å². The zero-order chi connectivity index (χ0) is 22.8. The Hall–Kier alpha value is -2.65. The van der Waals surface area contributed by atoms with Crippen molar-refractivity contribution in [3.8, 4) is 0 Å². The summed E-state index contributed by atoms with van der Waals surface area (Å²) >= 11 is 3.05. The quantitative estimate of drug-likeness (QED) is 0.533. The van der Waals surface area contributed by atoms with Crippen LogP contribution in [0, 0.1) is 0 Å². The summed E-state index contributed by atoms with van der Waals surface area (Å²) in [5, 5.41) is 3.69. The van der Waals surface area contributed by atoms with Gasteiger partial charge in [-0.15, -0.1) is 23.1 Å². The van der Waals surface area contributed by atoms with Crippen LogP contribution in [0.15, 0.2) is 29.1 Å². The Morgan fingerprint density at radius 2 is 2.09 bits per heavy atom. The van der Waals surface area contributed by atoms with Crippen molar-refractivity contribution in [1.29, 1.82) is 0 Å². The fraction of sp³-hybridized carbons (Fsp3) is 0.417. The Morgan fingerprint density at radius 3 is 2.97 bits per heavy atom. The number of H-pyrrole nitrogens is 1. The third-order valence-corrected chi connectivity index (χ3v) is 8.23. The Labute approximate surface area is 200 Å². The maximum atomic E-state index is 12.6. The number of aryl methyl sites for hydroxylation is 2. The largest absolute Gasteiger partial charge is 0.338 e. The Kier molecular flexibility index (Phi) is 6.50. The maximum absolute atomic E-state index is 12.6. The molecule has 172 valence electrons. The van der Waals surface area contributed by atoms with Gasteiger partial charge in [0.2, 0.25) is 11.8 Å². The minimum absolute atomic E-state index is 0.0662. The highest BCUT2D eigenvalue weighted by Crippen LogP contribution is 2.34. The summed E-state index contributed by atoms with van der Waals surface area (Å²) < 4.78 is 0. The van der Waals surface area contributed by atoms with E-state index in [2.05, 4.69) is 15.3 Å². The van der Waals surface area contributed by atoms with Crippen LogP contribution in [-0.2, 0) is 34.7 Å². The summed E-state index contributed by atoms with van der Waals surface area (Å²) in [6, 6.07) is 7.65. The van der Waals surface area contributed by atoms with Crippen molar-refractivity contribution in [1.82, 2.24) is 14.9 Å². The van der Waals surface area contributed by atoms with Crippen LogP contribution in [0.3, 0.4) is 0 Å². The SMILES string of the molecule is O=C(CSCc1nc2sc3c(c2c(=O)[nH]1)CCC3)Nc1cccc(CN2CCCCC2=O)c1. The number of aromatic amines is 1. The number of hydrogen-bond donors (Lipinski definition) is 2. The smallest absolute Gasteiger partial charge is 0.259 e. The number of anilines is 1. The molecule has 2 aliphatic rings. The van der Waals surface area contributed by atoms with Crippen molar-refractivity contribution in [2.24, 2.45) is 0 Å². The van der Waals surface area contributed by atoms with Gasteiger partial charge in [0, 0.05) is 30.1 Å². The number of carbonyl (C=O) groups excluding carboxylic acids is 2. The number of likely N-dealkylation sites (tertiary alicyclic amines) is 1. The molecule has 3 aromatic rings. The zero-order valence-electron chi connectivity index (χ0n) is 18.3. The number of aromatic nitrogens is 2. The second-order valence-electron chi connectivity index (χ2n) is 8.56. The van der Waals surface area contributed by atoms with Gasteiger partial charge in [0.25, 0.3) is 5.56 Å². The molecule has 1 aliphatic heterocycles. The van der Waals surface area contributed by atoms with Crippen LogP contribution in [0.1, 0.15) is 47.5 Å². The predicted molar refractivity (Wildman–Crippen MR) is 133 cm³/mol. The van der Waals surface area contributed by atoms with E-state index in [1.54, 1.807) is 11.3 Å². The molecule has 33 heavy (non-hydrogen) atoms. The van der Waals surface area contributed by atoms with Gasteiger partial charge >= 0.3 is 0 Å². The second kappa shape index (κ2) is 9.69. The minimum Gasteiger partial charge on any atom is -0.338 e. The average molecular weight is 483 g/mol. The Bertz CT molecular complexity index is 1270. The molecule has 0 saturated carbocycles. The fourth-order valence-corrected chi connectivity index (χ4v) is 6.52. The molecule has 0 spiro atoms. The normalized spacial score (nSPS) is 15.8. The van der Waals surface area contributed by atoms with Crippen molar-refractivity contribution in [2.45, 2.75) is 50.8 Å². The number of carbonyl (C=O) groups is 2. The van der Waals surface area contributed by atoms with Gasteiger partial charge in [-0.3, -0.25) is 14.4 Å². The lowest BCUT2D eigenvalue weighted by molar-refractivity contribution is -0.133. The number of benzene rings is 1. The molecule has 2 amide bonds. The fourth-order valence-electron chi connectivity index (χ4n) is 4.55. The van der Waals surface area contributed by atoms with Crippen LogP contribution in [0.4, 0.5) is 5.69 Å². The minimum atomic E-state index is -0.107. The molecule has 1 aliphatic carbocycles. The van der Waals surface area contributed by atoms with E-state index in [1.165, 1.54) is 22.2 Å².